The van der Waals surface area contributed by atoms with Gasteiger partial charge in [-0.3, -0.25) is 44.5 Å². The van der Waals surface area contributed by atoms with E-state index in [4.69, 9.17) is 20.1 Å². The third-order valence-corrected chi connectivity index (χ3v) is 10.7. The Hall–Kier alpha value is -6.12. The Labute approximate surface area is 304 Å². The number of thioether (sulfide) groups is 1. The van der Waals surface area contributed by atoms with Gasteiger partial charge >= 0.3 is 18.0 Å². The molecule has 3 aliphatic heterocycles. The van der Waals surface area contributed by atoms with Crippen LogP contribution in [0.2, 0.25) is 0 Å². The molecule has 3 aromatic carbocycles. The minimum atomic E-state index is -2.10. The van der Waals surface area contributed by atoms with Gasteiger partial charge in [-0.15, -0.1) is 0 Å². The zero-order valence-electron chi connectivity index (χ0n) is 27.8. The number of esters is 2. The third kappa shape index (κ3) is 6.69. The summed E-state index contributed by atoms with van der Waals surface area (Å²) < 4.78 is 16.7. The summed E-state index contributed by atoms with van der Waals surface area (Å²) in [5.41, 5.74) is -1.36. The highest BCUT2D eigenvalue weighted by Gasteiger charge is 2.74. The largest absolute Gasteiger partial charge is 0.460 e. The number of nitrogens with two attached hydrogens (primary N) is 1. The van der Waals surface area contributed by atoms with Gasteiger partial charge in [0.15, 0.2) is 5.92 Å². The van der Waals surface area contributed by atoms with Crippen molar-refractivity contribution in [2.45, 2.75) is 35.1 Å². The Bertz CT molecular complexity index is 1970. The predicted molar refractivity (Wildman–Crippen MR) is 182 cm³/mol. The number of methoxy groups -OCH3 is 1. The maximum Gasteiger partial charge on any atom is 0.345 e. The first-order chi connectivity index (χ1) is 25.3. The monoisotopic (exact) mass is 749 g/mol. The molecule has 6 rings (SSSR count). The van der Waals surface area contributed by atoms with Crippen LogP contribution in [0.5, 0.6) is 0 Å². The number of hydrogen-bond acceptors (Lipinski definition) is 14. The Morgan fingerprint density at radius 1 is 0.906 bits per heavy atom. The van der Waals surface area contributed by atoms with E-state index in [2.05, 4.69) is 5.32 Å². The maximum absolute atomic E-state index is 14.0. The van der Waals surface area contributed by atoms with Crippen molar-refractivity contribution in [3.05, 3.63) is 116 Å². The fraction of sp³-hybridized carbons (Fsp3) is 0.303. The normalized spacial score (nSPS) is 22.5. The second-order valence-corrected chi connectivity index (χ2v) is 13.5. The lowest BCUT2D eigenvalue weighted by Gasteiger charge is -2.50. The quantitative estimate of drug-likeness (QED) is 0.0370. The van der Waals surface area contributed by atoms with Crippen LogP contribution < -0.4 is 11.2 Å². The van der Waals surface area contributed by atoms with Gasteiger partial charge in [0.05, 0.1) is 22.9 Å². The molecule has 3 fully saturated rings. The summed E-state index contributed by atoms with van der Waals surface area (Å²) in [6.45, 7) is -0.950. The van der Waals surface area contributed by atoms with Gasteiger partial charge in [0.2, 0.25) is 10.8 Å². The molecule has 0 bridgehead atoms. The molecule has 3 aliphatic rings. The van der Waals surface area contributed by atoms with Crippen molar-refractivity contribution < 1.29 is 48.0 Å². The number of nitro groups is 2. The van der Waals surface area contributed by atoms with Gasteiger partial charge in [-0.2, -0.15) is 0 Å². The van der Waals surface area contributed by atoms with Crippen LogP contribution in [0.4, 0.5) is 16.2 Å². The first-order valence-corrected chi connectivity index (χ1v) is 16.7. The summed E-state index contributed by atoms with van der Waals surface area (Å²) >= 11 is 0.825. The highest BCUT2D eigenvalue weighted by atomic mass is 32.2. The smallest absolute Gasteiger partial charge is 0.345 e. The topological polar surface area (TPSA) is 247 Å². The zero-order chi connectivity index (χ0) is 38.1. The molecule has 0 aliphatic carbocycles. The summed E-state index contributed by atoms with van der Waals surface area (Å²) in [5.74, 6) is 0.606. The van der Waals surface area contributed by atoms with Crippen molar-refractivity contribution >= 4 is 52.9 Å². The van der Waals surface area contributed by atoms with Crippen LogP contribution in [-0.2, 0) is 46.6 Å². The number of nitro benzene ring substituents is 2. The van der Waals surface area contributed by atoms with Crippen LogP contribution in [0, 0.1) is 20.2 Å². The molecule has 53 heavy (non-hydrogen) atoms. The van der Waals surface area contributed by atoms with E-state index in [0.29, 0.717) is 11.1 Å². The highest BCUT2D eigenvalue weighted by molar-refractivity contribution is 8.02. The summed E-state index contributed by atoms with van der Waals surface area (Å²) in [5, 5.41) is 24.4. The lowest BCUT2D eigenvalue weighted by Crippen LogP contribution is -2.78. The number of nitrogens with one attached hydrogen (secondary N) is 1. The van der Waals surface area contributed by atoms with Crippen LogP contribution in [0.3, 0.4) is 0 Å². The van der Waals surface area contributed by atoms with Crippen LogP contribution in [0.1, 0.15) is 22.6 Å². The number of β-lactam (4-membered cyclic amide) rings is 1. The average Bonchev–Trinajstić information content (AvgIpc) is 3.71. The summed E-state index contributed by atoms with van der Waals surface area (Å²) in [6, 6.07) is 17.8. The van der Waals surface area contributed by atoms with Crippen molar-refractivity contribution in [2.24, 2.45) is 5.84 Å². The number of carbonyl (C=O) groups excluding carboxylic acids is 5. The van der Waals surface area contributed by atoms with Gasteiger partial charge in [-0.1, -0.05) is 42.1 Å². The van der Waals surface area contributed by atoms with E-state index >= 15 is 0 Å². The molecule has 3 heterocycles. The Morgan fingerprint density at radius 3 is 1.98 bits per heavy atom. The van der Waals surface area contributed by atoms with E-state index in [9.17, 15) is 44.2 Å². The minimum absolute atomic E-state index is 0.00720. The number of fused-ring (bicyclic) bond motifs is 1. The van der Waals surface area contributed by atoms with E-state index in [1.165, 1.54) is 70.5 Å². The van der Waals surface area contributed by atoms with E-state index in [1.54, 1.807) is 18.2 Å². The Morgan fingerprint density at radius 2 is 1.47 bits per heavy atom. The van der Waals surface area contributed by atoms with E-state index in [0.717, 1.165) is 23.9 Å². The lowest BCUT2D eigenvalue weighted by molar-refractivity contribution is -0.385. The number of nitrogens with zero attached hydrogens (tertiary/aromatic N) is 5. The van der Waals surface area contributed by atoms with Crippen molar-refractivity contribution in [2.75, 3.05) is 26.7 Å². The average molecular weight is 750 g/mol. The molecule has 0 saturated carbocycles. The van der Waals surface area contributed by atoms with Crippen molar-refractivity contribution in [3.8, 4) is 0 Å². The molecule has 0 aromatic heterocycles. The zero-order valence-corrected chi connectivity index (χ0v) is 28.6. The Balaban J connectivity index is 1.23. The number of urea groups is 1. The molecule has 3 aromatic rings. The molecule has 3 N–H and O–H groups in total. The number of hydrazine groups is 1. The molecule has 19 nitrogen and oxygen atoms in total. The maximum atomic E-state index is 14.0. The molecule has 4 amide bonds. The minimum Gasteiger partial charge on any atom is -0.460 e. The first kappa shape index (κ1) is 36.7. The number of hydrogen-bond donors (Lipinski definition) is 2. The molecule has 3 saturated heterocycles. The molecule has 0 spiro atoms. The molecular weight excluding hydrogens is 718 g/mol. The SMILES string of the molecule is CO[C@]1(NC(=O)C(C(=O)OCc2ccc([N+](=O)[O-])cc2)c2ccccc2)C(=O)N2C[C@@](C(=O)OCc3ccc([N+](=O)[O-])cc3)(N3CCN(N)C3=O)S[C@@H]21. The van der Waals surface area contributed by atoms with Gasteiger partial charge in [0.1, 0.15) is 18.6 Å². The van der Waals surface area contributed by atoms with Gasteiger partial charge in [0, 0.05) is 37.9 Å². The molecular formula is C33H31N7O12S. The van der Waals surface area contributed by atoms with Crippen molar-refractivity contribution in [3.63, 3.8) is 0 Å². The van der Waals surface area contributed by atoms with Crippen molar-refractivity contribution in [1.29, 1.82) is 0 Å². The Kier molecular flexibility index (Phi) is 10.0. The fourth-order valence-corrected chi connectivity index (χ4v) is 7.92. The van der Waals surface area contributed by atoms with Crippen LogP contribution in [0.15, 0.2) is 78.9 Å². The van der Waals surface area contributed by atoms with Crippen LogP contribution in [0.25, 0.3) is 0 Å². The van der Waals surface area contributed by atoms with E-state index < -0.39 is 61.5 Å². The highest BCUT2D eigenvalue weighted by Crippen LogP contribution is 2.54. The molecule has 0 radical (unpaired) electrons. The van der Waals surface area contributed by atoms with Gasteiger partial charge < -0.3 is 24.4 Å². The number of amides is 4. The fourth-order valence-electron chi connectivity index (χ4n) is 6.17. The lowest BCUT2D eigenvalue weighted by atomic mass is 9.95. The van der Waals surface area contributed by atoms with Gasteiger partial charge in [-0.05, 0) is 41.0 Å². The molecule has 1 unspecified atom stereocenters. The summed E-state index contributed by atoms with van der Waals surface area (Å²) in [7, 11) is 1.16. The number of benzene rings is 3. The standard InChI is InChI=1S/C33H31N7O12S/c1-50-33(35-26(41)25(22-5-3-2-4-6-22)27(42)51-17-20-7-11-23(12-8-20)39(46)47)28(43)36-19-32(53-29(33)36,37-15-16-38(34)31(37)45)30(44)52-18-21-9-13-24(14-10-21)40(48)49/h2-14,25,29H,15-19,34H2,1H3,(H,35,41)/t25?,29-,32-,33-/m1/s1. The van der Waals surface area contributed by atoms with Gasteiger partial charge in [-0.25, -0.2) is 15.4 Å². The predicted octanol–water partition coefficient (Wildman–Crippen LogP) is 1.76. The number of rotatable bonds is 13. The van der Waals surface area contributed by atoms with Gasteiger partial charge in [0.25, 0.3) is 23.0 Å². The third-order valence-electron chi connectivity index (χ3n) is 9.00. The molecule has 276 valence electrons. The summed E-state index contributed by atoms with van der Waals surface area (Å²) in [6.07, 6.45) is 0. The number of ether oxygens (including phenoxy) is 3. The number of carbonyl (C=O) groups is 5. The van der Waals surface area contributed by atoms with Crippen molar-refractivity contribution in [1.82, 2.24) is 20.1 Å². The van der Waals surface area contributed by atoms with Crippen LogP contribution >= 0.6 is 11.8 Å². The van der Waals surface area contributed by atoms with E-state index in [-0.39, 0.29) is 49.8 Å². The second-order valence-electron chi connectivity index (χ2n) is 12.1. The van der Waals surface area contributed by atoms with Crippen LogP contribution in [-0.4, -0.2) is 97.2 Å². The second kappa shape index (κ2) is 14.5. The summed E-state index contributed by atoms with van der Waals surface area (Å²) in [4.78, 5) is 90.0. The molecule has 20 heteroatoms. The first-order valence-electron chi connectivity index (χ1n) is 15.9. The number of non-ortho nitro benzene ring substituents is 2. The van der Waals surface area contributed by atoms with E-state index in [1.807, 2.05) is 0 Å². The molecule has 4 atom stereocenters.